The number of aromatic nitrogens is 2. The maximum absolute atomic E-state index is 6.43. The van der Waals surface area contributed by atoms with E-state index in [4.69, 9.17) is 12.7 Å². The molecule has 3 saturated heterocycles. The van der Waals surface area contributed by atoms with Crippen molar-refractivity contribution >= 4 is 7.98 Å². The SMILES string of the molecule is [B][N+]12CC3CC(C1)C(Oc1ncccn1)C(C3)C2. The van der Waals surface area contributed by atoms with Crippen LogP contribution in [0.3, 0.4) is 0 Å². The van der Waals surface area contributed by atoms with Crippen LogP contribution < -0.4 is 4.74 Å². The first-order valence-corrected chi connectivity index (χ1v) is 6.80. The number of piperidine rings is 3. The van der Waals surface area contributed by atoms with Crippen LogP contribution in [0.2, 0.25) is 0 Å². The van der Waals surface area contributed by atoms with Crippen molar-refractivity contribution in [3.8, 4) is 6.01 Å². The van der Waals surface area contributed by atoms with Gasteiger partial charge in [-0.2, -0.15) is 0 Å². The van der Waals surface area contributed by atoms with Gasteiger partial charge in [0.1, 0.15) is 6.10 Å². The Balaban J connectivity index is 1.57. The van der Waals surface area contributed by atoms with Crippen LogP contribution in [-0.4, -0.2) is 48.1 Å². The van der Waals surface area contributed by atoms with Gasteiger partial charge in [0, 0.05) is 30.1 Å². The second kappa shape index (κ2) is 3.70. The molecule has 5 heteroatoms. The summed E-state index contributed by atoms with van der Waals surface area (Å²) < 4.78 is 6.82. The molecule has 1 aromatic rings. The Morgan fingerprint density at radius 3 is 2.39 bits per heavy atom. The van der Waals surface area contributed by atoms with Crippen LogP contribution in [0.15, 0.2) is 18.5 Å². The largest absolute Gasteiger partial charge is 0.481 e. The van der Waals surface area contributed by atoms with Crippen molar-refractivity contribution in [3.05, 3.63) is 18.5 Å². The normalized spacial score (nSPS) is 45.1. The molecular weight excluding hydrogens is 225 g/mol. The highest BCUT2D eigenvalue weighted by Crippen LogP contribution is 2.47. The van der Waals surface area contributed by atoms with Crippen LogP contribution in [0.25, 0.3) is 0 Å². The topological polar surface area (TPSA) is 35.0 Å². The standard InChI is InChI=1S/C13H17BN3O/c14-17-6-9-4-10(7-17)12(11(5-9)8-17)18-13-15-2-1-3-16-13/h1-3,9-12H,4-8H2/q+1. The molecule has 4 heterocycles. The zero-order valence-electron chi connectivity index (χ0n) is 10.4. The van der Waals surface area contributed by atoms with Crippen LogP contribution in [0.4, 0.5) is 0 Å². The first-order valence-electron chi connectivity index (χ1n) is 6.80. The van der Waals surface area contributed by atoms with Crippen LogP contribution in [0.5, 0.6) is 6.01 Å². The number of ether oxygens (including phenoxy) is 1. The molecule has 0 amide bonds. The summed E-state index contributed by atoms with van der Waals surface area (Å²) in [5.41, 5.74) is 0. The van der Waals surface area contributed by atoms with E-state index < -0.39 is 0 Å². The van der Waals surface area contributed by atoms with Crippen molar-refractivity contribution in [3.63, 3.8) is 0 Å². The van der Waals surface area contributed by atoms with Crippen molar-refractivity contribution in [2.24, 2.45) is 17.8 Å². The van der Waals surface area contributed by atoms with Gasteiger partial charge in [-0.25, -0.2) is 9.97 Å². The molecule has 4 fully saturated rings. The van der Waals surface area contributed by atoms with E-state index in [0.29, 0.717) is 17.8 Å². The Morgan fingerprint density at radius 2 is 1.78 bits per heavy atom. The van der Waals surface area contributed by atoms with Crippen molar-refractivity contribution < 1.29 is 9.13 Å². The molecule has 2 unspecified atom stereocenters. The van der Waals surface area contributed by atoms with Crippen LogP contribution >= 0.6 is 0 Å². The summed E-state index contributed by atoms with van der Waals surface area (Å²) in [6.45, 7) is 3.29. The minimum atomic E-state index is 0.277. The van der Waals surface area contributed by atoms with E-state index in [1.54, 1.807) is 12.4 Å². The number of hydrogen-bond acceptors (Lipinski definition) is 3. The average molecular weight is 242 g/mol. The highest BCUT2D eigenvalue weighted by atomic mass is 16.5. The lowest BCUT2D eigenvalue weighted by atomic mass is 9.63. The molecule has 0 N–H and O–H groups in total. The molecule has 92 valence electrons. The fraction of sp³-hybridized carbons (Fsp3) is 0.692. The lowest BCUT2D eigenvalue weighted by Crippen LogP contribution is -2.70. The molecule has 18 heavy (non-hydrogen) atoms. The Morgan fingerprint density at radius 1 is 1.11 bits per heavy atom. The van der Waals surface area contributed by atoms with E-state index in [1.165, 1.54) is 19.4 Å². The molecule has 3 aliphatic heterocycles. The summed E-state index contributed by atoms with van der Waals surface area (Å²) in [6.07, 6.45) is 6.28. The highest BCUT2D eigenvalue weighted by molar-refractivity contribution is 5.97. The summed E-state index contributed by atoms with van der Waals surface area (Å²) in [4.78, 5) is 8.36. The van der Waals surface area contributed by atoms with Gasteiger partial charge in [0.25, 0.3) is 0 Å². The van der Waals surface area contributed by atoms with Gasteiger partial charge in [-0.1, -0.05) is 0 Å². The molecule has 4 bridgehead atoms. The molecule has 5 rings (SSSR count). The number of hydrogen-bond donors (Lipinski definition) is 0. The summed E-state index contributed by atoms with van der Waals surface area (Å²) in [5.74, 6) is 1.99. The highest BCUT2D eigenvalue weighted by Gasteiger charge is 2.55. The summed E-state index contributed by atoms with van der Waals surface area (Å²) in [6, 6.07) is 2.34. The minimum Gasteiger partial charge on any atom is -0.459 e. The van der Waals surface area contributed by atoms with Crippen molar-refractivity contribution in [2.75, 3.05) is 19.6 Å². The number of quaternary nitrogens is 1. The summed E-state index contributed by atoms with van der Waals surface area (Å²) in [5, 5.41) is 0. The van der Waals surface area contributed by atoms with Gasteiger partial charge in [0.15, 0.2) is 0 Å². The van der Waals surface area contributed by atoms with Gasteiger partial charge in [-0.05, 0) is 18.9 Å². The Bertz CT molecular complexity index is 439. The third-order valence-corrected chi connectivity index (χ3v) is 4.80. The van der Waals surface area contributed by atoms with Gasteiger partial charge in [-0.3, -0.25) is 0 Å². The molecule has 0 spiro atoms. The number of rotatable bonds is 2. The third-order valence-electron chi connectivity index (χ3n) is 4.80. The third kappa shape index (κ3) is 1.64. The maximum atomic E-state index is 6.43. The van der Waals surface area contributed by atoms with E-state index in [2.05, 4.69) is 9.97 Å². The summed E-state index contributed by atoms with van der Waals surface area (Å²) in [7, 11) is 6.43. The van der Waals surface area contributed by atoms with E-state index in [0.717, 1.165) is 23.4 Å². The van der Waals surface area contributed by atoms with E-state index >= 15 is 0 Å². The zero-order valence-corrected chi connectivity index (χ0v) is 10.4. The van der Waals surface area contributed by atoms with Crippen molar-refractivity contribution in [1.82, 2.24) is 9.97 Å². The lowest BCUT2D eigenvalue weighted by Gasteiger charge is -2.59. The molecule has 1 aromatic heterocycles. The van der Waals surface area contributed by atoms with Crippen LogP contribution in [0.1, 0.15) is 12.8 Å². The van der Waals surface area contributed by atoms with Crippen molar-refractivity contribution in [2.45, 2.75) is 18.9 Å². The zero-order chi connectivity index (χ0) is 12.2. The van der Waals surface area contributed by atoms with Crippen LogP contribution in [0, 0.1) is 17.8 Å². The second-order valence-electron chi connectivity index (χ2n) is 6.24. The molecule has 2 radical (unpaired) electrons. The molecule has 0 aromatic carbocycles. The average Bonchev–Trinajstić information content (AvgIpc) is 2.33. The van der Waals surface area contributed by atoms with Gasteiger partial charge in [0.2, 0.25) is 0 Å². The second-order valence-corrected chi connectivity index (χ2v) is 6.24. The smallest absolute Gasteiger partial charge is 0.459 e. The quantitative estimate of drug-likeness (QED) is 0.719. The first kappa shape index (κ1) is 10.8. The Labute approximate surface area is 108 Å². The van der Waals surface area contributed by atoms with Gasteiger partial charge < -0.3 is 9.13 Å². The maximum Gasteiger partial charge on any atom is 0.481 e. The predicted molar refractivity (Wildman–Crippen MR) is 66.8 cm³/mol. The fourth-order valence-corrected chi connectivity index (χ4v) is 4.44. The van der Waals surface area contributed by atoms with Crippen molar-refractivity contribution in [1.29, 1.82) is 0 Å². The van der Waals surface area contributed by atoms with Gasteiger partial charge >= 0.3 is 14.0 Å². The first-order chi connectivity index (χ1) is 8.72. The molecule has 4 nitrogen and oxygen atoms in total. The van der Waals surface area contributed by atoms with E-state index in [9.17, 15) is 0 Å². The fourth-order valence-electron chi connectivity index (χ4n) is 4.44. The lowest BCUT2D eigenvalue weighted by molar-refractivity contribution is -0.852. The Kier molecular flexibility index (Phi) is 2.22. The number of nitrogens with zero attached hydrogens (tertiary/aromatic N) is 3. The summed E-state index contributed by atoms with van der Waals surface area (Å²) >= 11 is 0. The predicted octanol–water partition coefficient (Wildman–Crippen LogP) is 0.794. The molecular formula is C13H17BN3O+. The van der Waals surface area contributed by atoms with E-state index in [-0.39, 0.29) is 6.10 Å². The van der Waals surface area contributed by atoms with Gasteiger partial charge in [-0.15, -0.1) is 0 Å². The molecule has 2 atom stereocenters. The molecule has 1 aliphatic carbocycles. The molecule has 1 saturated carbocycles. The van der Waals surface area contributed by atoms with Crippen LogP contribution in [-0.2, 0) is 0 Å². The van der Waals surface area contributed by atoms with Gasteiger partial charge in [0.05, 0.1) is 19.6 Å². The minimum absolute atomic E-state index is 0.277. The van der Waals surface area contributed by atoms with E-state index in [1.807, 2.05) is 6.07 Å². The Hall–Kier alpha value is -1.10. The monoisotopic (exact) mass is 242 g/mol. The molecule has 4 aliphatic rings.